The molecule has 0 aliphatic heterocycles. The average Bonchev–Trinajstić information content (AvgIpc) is 2.64. The SMILES string of the molecule is CCNC/C(C)=C/c1c(C)oc2ccccc12. The summed E-state index contributed by atoms with van der Waals surface area (Å²) in [5, 5.41) is 4.52. The smallest absolute Gasteiger partial charge is 0.134 e. The molecule has 0 atom stereocenters. The van der Waals surface area contributed by atoms with E-state index in [1.165, 1.54) is 16.5 Å². The Morgan fingerprint density at radius 1 is 1.35 bits per heavy atom. The van der Waals surface area contributed by atoms with E-state index in [0.717, 1.165) is 24.4 Å². The van der Waals surface area contributed by atoms with Crippen molar-refractivity contribution >= 4 is 17.0 Å². The number of hydrogen-bond acceptors (Lipinski definition) is 2. The van der Waals surface area contributed by atoms with Gasteiger partial charge < -0.3 is 9.73 Å². The molecule has 17 heavy (non-hydrogen) atoms. The number of aryl methyl sites for hydroxylation is 1. The molecule has 0 aliphatic carbocycles. The summed E-state index contributed by atoms with van der Waals surface area (Å²) in [4.78, 5) is 0. The largest absolute Gasteiger partial charge is 0.461 e. The molecule has 0 saturated heterocycles. The Morgan fingerprint density at radius 3 is 2.88 bits per heavy atom. The van der Waals surface area contributed by atoms with E-state index in [-0.39, 0.29) is 0 Å². The fourth-order valence-electron chi connectivity index (χ4n) is 1.99. The zero-order chi connectivity index (χ0) is 12.3. The Balaban J connectivity index is 2.38. The van der Waals surface area contributed by atoms with Crippen LogP contribution < -0.4 is 5.32 Å². The van der Waals surface area contributed by atoms with E-state index in [4.69, 9.17) is 4.42 Å². The van der Waals surface area contributed by atoms with E-state index in [1.54, 1.807) is 0 Å². The third-order valence-corrected chi connectivity index (χ3v) is 2.86. The van der Waals surface area contributed by atoms with Crippen LogP contribution in [0.4, 0.5) is 0 Å². The molecule has 1 aromatic heterocycles. The molecule has 1 heterocycles. The van der Waals surface area contributed by atoms with E-state index >= 15 is 0 Å². The van der Waals surface area contributed by atoms with Crippen molar-refractivity contribution in [3.63, 3.8) is 0 Å². The first-order chi connectivity index (χ1) is 8.22. The lowest BCUT2D eigenvalue weighted by atomic mass is 10.1. The van der Waals surface area contributed by atoms with Crippen molar-refractivity contribution in [2.45, 2.75) is 20.8 Å². The number of para-hydroxylation sites is 1. The van der Waals surface area contributed by atoms with Crippen molar-refractivity contribution in [3.8, 4) is 0 Å². The molecule has 0 aliphatic rings. The summed E-state index contributed by atoms with van der Waals surface area (Å²) in [5.41, 5.74) is 3.49. The topological polar surface area (TPSA) is 25.2 Å². The minimum absolute atomic E-state index is 0.926. The Hall–Kier alpha value is -1.54. The lowest BCUT2D eigenvalue weighted by Crippen LogP contribution is -2.14. The lowest BCUT2D eigenvalue weighted by molar-refractivity contribution is 0.577. The quantitative estimate of drug-likeness (QED) is 0.863. The van der Waals surface area contributed by atoms with Crippen LogP contribution in [0.2, 0.25) is 0 Å². The van der Waals surface area contributed by atoms with Crippen LogP contribution in [0.1, 0.15) is 25.2 Å². The minimum Gasteiger partial charge on any atom is -0.461 e. The number of furan rings is 1. The lowest BCUT2D eigenvalue weighted by Gasteiger charge is -2.01. The maximum Gasteiger partial charge on any atom is 0.134 e. The maximum absolute atomic E-state index is 5.74. The summed E-state index contributed by atoms with van der Waals surface area (Å²) < 4.78 is 5.74. The first-order valence-corrected chi connectivity index (χ1v) is 6.08. The van der Waals surface area contributed by atoms with Crippen LogP contribution in [0.3, 0.4) is 0 Å². The Bertz CT molecular complexity index is 537. The Kier molecular flexibility index (Phi) is 3.64. The van der Waals surface area contributed by atoms with Gasteiger partial charge in [-0.3, -0.25) is 0 Å². The van der Waals surface area contributed by atoms with E-state index in [0.29, 0.717) is 0 Å². The molecule has 2 heteroatoms. The molecule has 1 N–H and O–H groups in total. The highest BCUT2D eigenvalue weighted by atomic mass is 16.3. The fourth-order valence-corrected chi connectivity index (χ4v) is 1.99. The van der Waals surface area contributed by atoms with Crippen molar-refractivity contribution in [3.05, 3.63) is 41.2 Å². The van der Waals surface area contributed by atoms with Gasteiger partial charge in [-0.05, 0) is 26.5 Å². The summed E-state index contributed by atoms with van der Waals surface area (Å²) >= 11 is 0. The maximum atomic E-state index is 5.74. The van der Waals surface area contributed by atoms with Gasteiger partial charge in [0.1, 0.15) is 11.3 Å². The number of benzene rings is 1. The summed E-state index contributed by atoms with van der Waals surface area (Å²) in [6.07, 6.45) is 2.21. The minimum atomic E-state index is 0.926. The molecule has 2 rings (SSSR count). The molecule has 0 amide bonds. The highest BCUT2D eigenvalue weighted by Crippen LogP contribution is 2.27. The van der Waals surface area contributed by atoms with Crippen molar-refractivity contribution in [1.29, 1.82) is 0 Å². The zero-order valence-corrected chi connectivity index (χ0v) is 10.7. The van der Waals surface area contributed by atoms with E-state index in [2.05, 4.69) is 31.3 Å². The molecular weight excluding hydrogens is 210 g/mol. The van der Waals surface area contributed by atoms with Gasteiger partial charge in [0, 0.05) is 17.5 Å². The second kappa shape index (κ2) is 5.19. The fraction of sp³-hybridized carbons (Fsp3) is 0.333. The highest BCUT2D eigenvalue weighted by molar-refractivity contribution is 5.88. The Labute approximate surface area is 102 Å². The zero-order valence-electron chi connectivity index (χ0n) is 10.7. The van der Waals surface area contributed by atoms with Gasteiger partial charge in [0.15, 0.2) is 0 Å². The first-order valence-electron chi connectivity index (χ1n) is 6.08. The molecular formula is C15H19NO. The molecule has 90 valence electrons. The van der Waals surface area contributed by atoms with Crippen LogP contribution >= 0.6 is 0 Å². The van der Waals surface area contributed by atoms with Gasteiger partial charge in [0.2, 0.25) is 0 Å². The third-order valence-electron chi connectivity index (χ3n) is 2.86. The van der Waals surface area contributed by atoms with Crippen molar-refractivity contribution in [2.24, 2.45) is 0 Å². The van der Waals surface area contributed by atoms with E-state index in [9.17, 15) is 0 Å². The summed E-state index contributed by atoms with van der Waals surface area (Å²) in [6, 6.07) is 8.18. The van der Waals surface area contributed by atoms with Crippen LogP contribution in [0, 0.1) is 6.92 Å². The van der Waals surface area contributed by atoms with Crippen LogP contribution in [-0.4, -0.2) is 13.1 Å². The van der Waals surface area contributed by atoms with E-state index in [1.807, 2.05) is 25.1 Å². The van der Waals surface area contributed by atoms with E-state index < -0.39 is 0 Å². The van der Waals surface area contributed by atoms with Crippen LogP contribution in [0.25, 0.3) is 17.0 Å². The van der Waals surface area contributed by atoms with Gasteiger partial charge in [-0.2, -0.15) is 0 Å². The highest BCUT2D eigenvalue weighted by Gasteiger charge is 2.07. The molecule has 0 fully saturated rings. The summed E-state index contributed by atoms with van der Waals surface area (Å²) in [6.45, 7) is 8.20. The number of nitrogens with one attached hydrogen (secondary N) is 1. The number of hydrogen-bond donors (Lipinski definition) is 1. The number of rotatable bonds is 4. The molecule has 0 bridgehead atoms. The molecule has 0 spiro atoms. The first kappa shape index (κ1) is 11.9. The molecule has 0 saturated carbocycles. The normalized spacial score (nSPS) is 12.3. The second-order valence-electron chi connectivity index (χ2n) is 4.34. The Morgan fingerprint density at radius 2 is 2.12 bits per heavy atom. The predicted octanol–water partition coefficient (Wildman–Crippen LogP) is 3.75. The summed E-state index contributed by atoms with van der Waals surface area (Å²) in [7, 11) is 0. The van der Waals surface area contributed by atoms with Crippen LogP contribution in [0.15, 0.2) is 34.3 Å². The van der Waals surface area contributed by atoms with Gasteiger partial charge in [-0.15, -0.1) is 0 Å². The predicted molar refractivity (Wildman–Crippen MR) is 73.1 cm³/mol. The molecule has 1 aromatic carbocycles. The average molecular weight is 229 g/mol. The second-order valence-corrected chi connectivity index (χ2v) is 4.34. The van der Waals surface area contributed by atoms with Gasteiger partial charge >= 0.3 is 0 Å². The van der Waals surface area contributed by atoms with Crippen molar-refractivity contribution < 1.29 is 4.42 Å². The third kappa shape index (κ3) is 2.59. The monoisotopic (exact) mass is 229 g/mol. The standard InChI is InChI=1S/C15H19NO/c1-4-16-10-11(2)9-14-12(3)17-15-8-6-5-7-13(14)15/h5-9,16H,4,10H2,1-3H3/b11-9+. The summed E-state index contributed by atoms with van der Waals surface area (Å²) in [5.74, 6) is 0.988. The van der Waals surface area contributed by atoms with Crippen LogP contribution in [-0.2, 0) is 0 Å². The van der Waals surface area contributed by atoms with Crippen LogP contribution in [0.5, 0.6) is 0 Å². The number of fused-ring (bicyclic) bond motifs is 1. The van der Waals surface area contributed by atoms with Gasteiger partial charge in [0.05, 0.1) is 0 Å². The number of likely N-dealkylation sites (N-methyl/N-ethyl adjacent to an activating group) is 1. The van der Waals surface area contributed by atoms with Gasteiger partial charge in [-0.1, -0.05) is 36.8 Å². The van der Waals surface area contributed by atoms with Gasteiger partial charge in [0.25, 0.3) is 0 Å². The van der Waals surface area contributed by atoms with Gasteiger partial charge in [-0.25, -0.2) is 0 Å². The molecule has 2 aromatic rings. The molecule has 0 radical (unpaired) electrons. The molecule has 2 nitrogen and oxygen atoms in total. The van der Waals surface area contributed by atoms with Crippen molar-refractivity contribution in [2.75, 3.05) is 13.1 Å². The molecule has 0 unspecified atom stereocenters. The van der Waals surface area contributed by atoms with Crippen molar-refractivity contribution in [1.82, 2.24) is 5.32 Å².